The van der Waals surface area contributed by atoms with E-state index < -0.39 is 0 Å². The van der Waals surface area contributed by atoms with Gasteiger partial charge in [-0.05, 0) is 17.3 Å². The number of carbonyl (C=O) groups is 1. The minimum absolute atomic E-state index is 0.188. The maximum atomic E-state index is 10.9. The molecule has 0 radical (unpaired) electrons. The van der Waals surface area contributed by atoms with Crippen LogP contribution in [0.3, 0.4) is 0 Å². The zero-order chi connectivity index (χ0) is 8.53. The minimum atomic E-state index is 0.188. The third-order valence-corrected chi connectivity index (χ3v) is 2.51. The van der Waals surface area contributed by atoms with Crippen molar-refractivity contribution in [1.29, 1.82) is 0 Å². The zero-order valence-electron chi connectivity index (χ0n) is 6.41. The van der Waals surface area contributed by atoms with E-state index in [1.807, 2.05) is 0 Å². The quantitative estimate of drug-likeness (QED) is 0.427. The van der Waals surface area contributed by atoms with Crippen molar-refractivity contribution in [2.45, 2.75) is 19.3 Å². The molecule has 0 aliphatic rings. The van der Waals surface area contributed by atoms with E-state index in [1.54, 1.807) is 0 Å². The standard InChI is InChI=1S/C7H13I2NO/c8-4-1-2-6-10-7(11)3-5-9/h1-6H2,(H,10,11). The summed E-state index contributed by atoms with van der Waals surface area (Å²) >= 11 is 4.56. The van der Waals surface area contributed by atoms with E-state index >= 15 is 0 Å². The molecule has 0 aromatic heterocycles. The number of halogens is 2. The van der Waals surface area contributed by atoms with Gasteiger partial charge in [0.25, 0.3) is 0 Å². The van der Waals surface area contributed by atoms with Crippen molar-refractivity contribution in [1.82, 2.24) is 5.32 Å². The number of hydrogen-bond acceptors (Lipinski definition) is 1. The van der Waals surface area contributed by atoms with E-state index in [0.29, 0.717) is 6.42 Å². The van der Waals surface area contributed by atoms with Gasteiger partial charge >= 0.3 is 0 Å². The number of unbranched alkanes of at least 4 members (excludes halogenated alkanes) is 1. The van der Waals surface area contributed by atoms with Gasteiger partial charge in [-0.2, -0.15) is 0 Å². The van der Waals surface area contributed by atoms with Gasteiger partial charge < -0.3 is 5.32 Å². The van der Waals surface area contributed by atoms with Crippen LogP contribution in [0.25, 0.3) is 0 Å². The lowest BCUT2D eigenvalue weighted by Gasteiger charge is -2.01. The van der Waals surface area contributed by atoms with Crippen LogP contribution in [0.4, 0.5) is 0 Å². The van der Waals surface area contributed by atoms with E-state index in [0.717, 1.165) is 17.4 Å². The van der Waals surface area contributed by atoms with E-state index in [-0.39, 0.29) is 5.91 Å². The fraction of sp³-hybridized carbons (Fsp3) is 0.857. The predicted octanol–water partition coefficient (Wildman–Crippen LogP) is 2.14. The monoisotopic (exact) mass is 381 g/mol. The Balaban J connectivity index is 3.04. The van der Waals surface area contributed by atoms with Crippen LogP contribution in [0, 0.1) is 0 Å². The Morgan fingerprint density at radius 3 is 2.45 bits per heavy atom. The Bertz CT molecular complexity index is 109. The molecule has 1 amide bonds. The summed E-state index contributed by atoms with van der Waals surface area (Å²) in [5.74, 6) is 0.188. The Morgan fingerprint density at radius 1 is 1.18 bits per heavy atom. The number of amides is 1. The highest BCUT2D eigenvalue weighted by Crippen LogP contribution is 1.93. The molecule has 4 heteroatoms. The fourth-order valence-electron chi connectivity index (χ4n) is 0.622. The second-order valence-electron chi connectivity index (χ2n) is 2.19. The number of nitrogens with one attached hydrogen (secondary N) is 1. The molecule has 0 bridgehead atoms. The van der Waals surface area contributed by atoms with Crippen molar-refractivity contribution in [2.75, 3.05) is 15.4 Å². The maximum Gasteiger partial charge on any atom is 0.220 e. The second-order valence-corrected chi connectivity index (χ2v) is 4.34. The third kappa shape index (κ3) is 8.84. The molecule has 0 saturated carbocycles. The van der Waals surface area contributed by atoms with Gasteiger partial charge in [0.1, 0.15) is 0 Å². The van der Waals surface area contributed by atoms with Crippen LogP contribution in [0.5, 0.6) is 0 Å². The van der Waals surface area contributed by atoms with E-state index in [4.69, 9.17) is 0 Å². The second kappa shape index (κ2) is 9.02. The van der Waals surface area contributed by atoms with Gasteiger partial charge in [0.2, 0.25) is 5.91 Å². The fourth-order valence-corrected chi connectivity index (χ4v) is 1.65. The average Bonchev–Trinajstić information content (AvgIpc) is 1.99. The molecule has 0 atom stereocenters. The van der Waals surface area contributed by atoms with Crippen LogP contribution in [0.1, 0.15) is 19.3 Å². The molecule has 0 aromatic carbocycles. The summed E-state index contributed by atoms with van der Waals surface area (Å²) in [4.78, 5) is 10.9. The van der Waals surface area contributed by atoms with Gasteiger partial charge in [0.05, 0.1) is 0 Å². The highest BCUT2D eigenvalue weighted by molar-refractivity contribution is 14.1. The van der Waals surface area contributed by atoms with Crippen molar-refractivity contribution < 1.29 is 4.79 Å². The van der Waals surface area contributed by atoms with Crippen molar-refractivity contribution in [3.05, 3.63) is 0 Å². The van der Waals surface area contributed by atoms with Gasteiger partial charge in [-0.1, -0.05) is 45.2 Å². The molecule has 0 fully saturated rings. The third-order valence-electron chi connectivity index (χ3n) is 1.20. The van der Waals surface area contributed by atoms with Crippen molar-refractivity contribution in [3.63, 3.8) is 0 Å². The van der Waals surface area contributed by atoms with Gasteiger partial charge in [-0.25, -0.2) is 0 Å². The number of alkyl halides is 2. The Hall–Kier alpha value is 0.930. The smallest absolute Gasteiger partial charge is 0.220 e. The van der Waals surface area contributed by atoms with Crippen LogP contribution in [0.15, 0.2) is 0 Å². The SMILES string of the molecule is O=C(CCI)NCCCCI. The molecule has 0 spiro atoms. The molecule has 2 nitrogen and oxygen atoms in total. The molecular formula is C7H13I2NO. The lowest BCUT2D eigenvalue weighted by atomic mass is 10.3. The summed E-state index contributed by atoms with van der Waals surface area (Å²) in [5.41, 5.74) is 0. The molecule has 66 valence electrons. The summed E-state index contributed by atoms with van der Waals surface area (Å²) in [7, 11) is 0. The molecule has 0 rings (SSSR count). The van der Waals surface area contributed by atoms with E-state index in [9.17, 15) is 4.79 Å². The zero-order valence-corrected chi connectivity index (χ0v) is 10.7. The summed E-state index contributed by atoms with van der Waals surface area (Å²) < 4.78 is 2.09. The minimum Gasteiger partial charge on any atom is -0.356 e. The molecule has 0 aromatic rings. The first-order valence-corrected chi connectivity index (χ1v) is 6.75. The lowest BCUT2D eigenvalue weighted by Crippen LogP contribution is -2.24. The van der Waals surface area contributed by atoms with E-state index in [2.05, 4.69) is 50.5 Å². The Kier molecular flexibility index (Phi) is 9.78. The first-order valence-electron chi connectivity index (χ1n) is 3.70. The maximum absolute atomic E-state index is 10.9. The van der Waals surface area contributed by atoms with Crippen LogP contribution in [-0.2, 0) is 4.79 Å². The lowest BCUT2D eigenvalue weighted by molar-refractivity contribution is -0.120. The number of rotatable bonds is 6. The summed E-state index contributed by atoms with van der Waals surface area (Å²) in [6.45, 7) is 0.846. The van der Waals surface area contributed by atoms with Gasteiger partial charge in [-0.3, -0.25) is 4.79 Å². The van der Waals surface area contributed by atoms with Crippen LogP contribution >= 0.6 is 45.2 Å². The van der Waals surface area contributed by atoms with Gasteiger partial charge in [-0.15, -0.1) is 0 Å². The summed E-state index contributed by atoms with van der Waals surface area (Å²) in [5, 5.41) is 2.87. The van der Waals surface area contributed by atoms with Crippen molar-refractivity contribution in [3.8, 4) is 0 Å². The largest absolute Gasteiger partial charge is 0.356 e. The Morgan fingerprint density at radius 2 is 1.91 bits per heavy atom. The highest BCUT2D eigenvalue weighted by atomic mass is 127. The number of hydrogen-bond donors (Lipinski definition) is 1. The average molecular weight is 381 g/mol. The molecule has 0 saturated heterocycles. The first-order chi connectivity index (χ1) is 5.31. The van der Waals surface area contributed by atoms with Gasteiger partial charge in [0.15, 0.2) is 0 Å². The van der Waals surface area contributed by atoms with Crippen LogP contribution in [-0.4, -0.2) is 21.3 Å². The molecule has 11 heavy (non-hydrogen) atoms. The highest BCUT2D eigenvalue weighted by Gasteiger charge is 1.96. The van der Waals surface area contributed by atoms with Crippen molar-refractivity contribution in [2.24, 2.45) is 0 Å². The Labute approximate surface area is 95.2 Å². The molecule has 0 aliphatic heterocycles. The molecule has 0 heterocycles. The molecular weight excluding hydrogens is 368 g/mol. The van der Waals surface area contributed by atoms with Crippen LogP contribution in [0.2, 0.25) is 0 Å². The molecule has 0 unspecified atom stereocenters. The van der Waals surface area contributed by atoms with Crippen LogP contribution < -0.4 is 5.32 Å². The number of carbonyl (C=O) groups excluding carboxylic acids is 1. The van der Waals surface area contributed by atoms with Crippen molar-refractivity contribution >= 4 is 51.1 Å². The predicted molar refractivity (Wildman–Crippen MR) is 64.6 cm³/mol. The topological polar surface area (TPSA) is 29.1 Å². The normalized spacial score (nSPS) is 9.64. The van der Waals surface area contributed by atoms with E-state index in [1.165, 1.54) is 10.8 Å². The molecule has 0 aliphatic carbocycles. The van der Waals surface area contributed by atoms with Gasteiger partial charge in [0, 0.05) is 17.4 Å². The summed E-state index contributed by atoms with van der Waals surface area (Å²) in [6, 6.07) is 0. The first kappa shape index (κ1) is 11.9. The summed E-state index contributed by atoms with van der Waals surface area (Å²) in [6.07, 6.45) is 2.96. The molecule has 1 N–H and O–H groups in total.